The van der Waals surface area contributed by atoms with Gasteiger partial charge in [0.05, 0.1) is 19.4 Å². The minimum absolute atomic E-state index is 0.0179. The summed E-state index contributed by atoms with van der Waals surface area (Å²) in [5, 5.41) is 9.60. The van der Waals surface area contributed by atoms with Crippen molar-refractivity contribution in [3.63, 3.8) is 0 Å². The van der Waals surface area contributed by atoms with Gasteiger partial charge in [0.25, 0.3) is 5.91 Å². The molecular formula is C59H111N7O4. The number of ether oxygens (including phenoxy) is 2. The molecular weight excluding hydrogens is 871 g/mol. The van der Waals surface area contributed by atoms with E-state index >= 15 is 0 Å². The molecule has 0 aliphatic rings. The lowest BCUT2D eigenvalue weighted by atomic mass is 10.1. The monoisotopic (exact) mass is 982 g/mol. The number of carbonyl (C=O) groups is 2. The lowest BCUT2D eigenvalue weighted by Crippen LogP contribution is -2.48. The number of nitrogens with zero attached hydrogens (tertiary/aromatic N) is 1. The second-order valence-corrected chi connectivity index (χ2v) is 19.7. The van der Waals surface area contributed by atoms with Gasteiger partial charge in [-0.3, -0.25) is 14.5 Å². The van der Waals surface area contributed by atoms with E-state index in [0.29, 0.717) is 69.4 Å². The topological polar surface area (TPSA) is 170 Å². The van der Waals surface area contributed by atoms with Crippen molar-refractivity contribution < 1.29 is 19.1 Å². The maximum absolute atomic E-state index is 13.3. The Kier molecular flexibility index (Phi) is 47.4. The first-order valence-electron chi connectivity index (χ1n) is 29.3. The molecule has 0 aliphatic heterocycles. The third kappa shape index (κ3) is 39.6. The lowest BCUT2D eigenvalue weighted by molar-refractivity contribution is -0.121. The number of hydrogen-bond acceptors (Lipinski definition) is 9. The fourth-order valence-electron chi connectivity index (χ4n) is 8.77. The highest BCUT2D eigenvalue weighted by Gasteiger charge is 2.18. The lowest BCUT2D eigenvalue weighted by Gasteiger charge is -2.32. The standard InChI is InChI=1S/C59H111N7O4/c1-3-5-7-9-11-13-15-17-19-21-23-25-27-29-31-33-51-69-55-42-41-54(53-56(55)70-52-34-32-30-28-26-24-22-20-18-16-14-12-10-8-6-4-2)59(68)65-48-47-64-58(67)40-35-39-57(63-46-36-43-60)66(49-37-44-61)50-38-45-62/h17-20,41-42,53,57,63H,3-16,21-40,43-52,60-62H2,1-2H3,(H,64,67)(H,65,68)/b19-17-,20-18-. The predicted molar refractivity (Wildman–Crippen MR) is 300 cm³/mol. The van der Waals surface area contributed by atoms with Crippen LogP contribution in [0.25, 0.3) is 0 Å². The highest BCUT2D eigenvalue weighted by molar-refractivity contribution is 5.94. The van der Waals surface area contributed by atoms with Gasteiger partial charge in [-0.25, -0.2) is 0 Å². The number of hydrogen-bond donors (Lipinski definition) is 6. The molecule has 0 saturated heterocycles. The number of nitrogens with two attached hydrogens (primary N) is 3. The Morgan fingerprint density at radius 1 is 0.514 bits per heavy atom. The summed E-state index contributed by atoms with van der Waals surface area (Å²) < 4.78 is 12.6. The van der Waals surface area contributed by atoms with Crippen molar-refractivity contribution in [3.8, 4) is 11.5 Å². The first kappa shape index (κ1) is 65.1. The summed E-state index contributed by atoms with van der Waals surface area (Å²) in [5.41, 5.74) is 17.9. The first-order valence-corrected chi connectivity index (χ1v) is 29.3. The number of rotatable bonds is 53. The van der Waals surface area contributed by atoms with E-state index in [1.165, 1.54) is 154 Å². The zero-order chi connectivity index (χ0) is 50.6. The highest BCUT2D eigenvalue weighted by atomic mass is 16.5. The van der Waals surface area contributed by atoms with Gasteiger partial charge in [0.15, 0.2) is 11.5 Å². The van der Waals surface area contributed by atoms with Crippen molar-refractivity contribution in [1.82, 2.24) is 20.9 Å². The van der Waals surface area contributed by atoms with Crippen LogP contribution in [0.2, 0.25) is 0 Å². The molecule has 0 aliphatic carbocycles. The third-order valence-electron chi connectivity index (χ3n) is 13.1. The summed E-state index contributed by atoms with van der Waals surface area (Å²) in [6.07, 6.45) is 49.9. The van der Waals surface area contributed by atoms with Crippen LogP contribution in [0.4, 0.5) is 0 Å². The van der Waals surface area contributed by atoms with Gasteiger partial charge in [0, 0.05) is 38.2 Å². The Morgan fingerprint density at radius 2 is 0.957 bits per heavy atom. The third-order valence-corrected chi connectivity index (χ3v) is 13.1. The molecule has 1 atom stereocenters. The van der Waals surface area contributed by atoms with Gasteiger partial charge in [0.2, 0.25) is 5.91 Å². The molecule has 406 valence electrons. The Morgan fingerprint density at radius 3 is 1.44 bits per heavy atom. The normalized spacial score (nSPS) is 12.1. The molecule has 11 nitrogen and oxygen atoms in total. The van der Waals surface area contributed by atoms with Crippen molar-refractivity contribution in [2.75, 3.05) is 65.6 Å². The van der Waals surface area contributed by atoms with Crippen molar-refractivity contribution in [2.24, 2.45) is 17.2 Å². The molecule has 1 aromatic rings. The minimum Gasteiger partial charge on any atom is -0.490 e. The van der Waals surface area contributed by atoms with Crippen LogP contribution in [0, 0.1) is 0 Å². The van der Waals surface area contributed by atoms with Gasteiger partial charge in [-0.05, 0) is 141 Å². The number of allylic oxidation sites excluding steroid dienone is 4. The molecule has 0 radical (unpaired) electrons. The number of nitrogens with one attached hydrogen (secondary N) is 3. The predicted octanol–water partition coefficient (Wildman–Crippen LogP) is 12.8. The van der Waals surface area contributed by atoms with Gasteiger partial charge in [-0.2, -0.15) is 0 Å². The number of amides is 2. The van der Waals surface area contributed by atoms with Crippen molar-refractivity contribution >= 4 is 11.8 Å². The summed E-state index contributed by atoms with van der Waals surface area (Å²) in [6, 6.07) is 5.50. The maximum atomic E-state index is 13.3. The number of benzene rings is 1. The van der Waals surface area contributed by atoms with E-state index in [4.69, 9.17) is 26.7 Å². The Hall–Kier alpha value is -2.96. The molecule has 11 heteroatoms. The quantitative estimate of drug-likeness (QED) is 0.0211. The van der Waals surface area contributed by atoms with Gasteiger partial charge < -0.3 is 42.6 Å². The smallest absolute Gasteiger partial charge is 0.251 e. The number of carbonyl (C=O) groups excluding carboxylic acids is 2. The second-order valence-electron chi connectivity index (χ2n) is 19.7. The van der Waals surface area contributed by atoms with Crippen LogP contribution < -0.4 is 42.6 Å². The largest absolute Gasteiger partial charge is 0.490 e. The van der Waals surface area contributed by atoms with E-state index in [0.717, 1.165) is 77.4 Å². The molecule has 1 aromatic carbocycles. The fraction of sp³-hybridized carbons (Fsp3) is 0.797. The molecule has 0 heterocycles. The van der Waals surface area contributed by atoms with Crippen LogP contribution in [0.3, 0.4) is 0 Å². The first-order chi connectivity index (χ1) is 34.5. The van der Waals surface area contributed by atoms with Gasteiger partial charge in [0.1, 0.15) is 0 Å². The van der Waals surface area contributed by atoms with Gasteiger partial charge in [-0.15, -0.1) is 0 Å². The molecule has 0 aromatic heterocycles. The summed E-state index contributed by atoms with van der Waals surface area (Å²) in [5.74, 6) is 1.10. The summed E-state index contributed by atoms with van der Waals surface area (Å²) in [4.78, 5) is 28.5. The summed E-state index contributed by atoms with van der Waals surface area (Å²) >= 11 is 0. The van der Waals surface area contributed by atoms with E-state index in [9.17, 15) is 9.59 Å². The zero-order valence-electron chi connectivity index (χ0n) is 45.5. The van der Waals surface area contributed by atoms with Crippen LogP contribution in [0.1, 0.15) is 243 Å². The average Bonchev–Trinajstić information content (AvgIpc) is 3.37. The van der Waals surface area contributed by atoms with E-state index in [1.807, 2.05) is 18.2 Å². The van der Waals surface area contributed by atoms with Crippen LogP contribution in [-0.4, -0.2) is 88.5 Å². The Bertz CT molecular complexity index is 1370. The highest BCUT2D eigenvalue weighted by Crippen LogP contribution is 2.29. The summed E-state index contributed by atoms with van der Waals surface area (Å²) in [7, 11) is 0. The van der Waals surface area contributed by atoms with E-state index in [2.05, 4.69) is 59.0 Å². The van der Waals surface area contributed by atoms with Crippen LogP contribution in [0.15, 0.2) is 42.5 Å². The molecule has 1 unspecified atom stereocenters. The summed E-state index contributed by atoms with van der Waals surface area (Å²) in [6.45, 7) is 11.0. The SMILES string of the molecule is CCCCCCCC/C=C\CCCCCCCCOc1ccc(C(=O)NCCNC(=O)CCCC(NCCCN)N(CCCN)CCCN)cc1OCCCCCCCC/C=C\CCCCCCCC. The Labute approximate surface area is 430 Å². The van der Waals surface area contributed by atoms with Crippen LogP contribution in [0.5, 0.6) is 11.5 Å². The second kappa shape index (κ2) is 51.0. The molecule has 0 fully saturated rings. The maximum Gasteiger partial charge on any atom is 0.251 e. The molecule has 70 heavy (non-hydrogen) atoms. The van der Waals surface area contributed by atoms with E-state index < -0.39 is 0 Å². The zero-order valence-corrected chi connectivity index (χ0v) is 45.5. The van der Waals surface area contributed by atoms with Gasteiger partial charge in [-0.1, -0.05) is 154 Å². The van der Waals surface area contributed by atoms with E-state index in [-0.39, 0.29) is 18.0 Å². The molecule has 0 bridgehead atoms. The molecule has 9 N–H and O–H groups in total. The van der Waals surface area contributed by atoms with Crippen molar-refractivity contribution in [2.45, 2.75) is 238 Å². The average molecular weight is 983 g/mol. The molecule has 0 saturated carbocycles. The fourth-order valence-corrected chi connectivity index (χ4v) is 8.77. The number of unbranched alkanes of at least 4 members (excludes halogenated alkanes) is 24. The molecule has 1 rings (SSSR count). The van der Waals surface area contributed by atoms with Crippen molar-refractivity contribution in [1.29, 1.82) is 0 Å². The molecule has 0 spiro atoms. The van der Waals surface area contributed by atoms with Gasteiger partial charge >= 0.3 is 0 Å². The minimum atomic E-state index is -0.197. The Balaban J connectivity index is 2.56. The van der Waals surface area contributed by atoms with E-state index in [1.54, 1.807) is 0 Å². The van der Waals surface area contributed by atoms with Crippen LogP contribution in [-0.2, 0) is 4.79 Å². The molecule has 2 amide bonds. The van der Waals surface area contributed by atoms with Crippen molar-refractivity contribution in [3.05, 3.63) is 48.1 Å². The van der Waals surface area contributed by atoms with Crippen LogP contribution >= 0.6 is 0 Å².